The standard InChI is InChI=1S/C17H17F3N2O/c1-12(15-9-5-6-10-21-15)22-16(23)11-14(17(18,19)20)13-7-3-2-4-8-13/h2-10,12,14H,11H2,1H3,(H,22,23)/t12-,14-/m1/s1. The van der Waals surface area contributed by atoms with Crippen molar-refractivity contribution < 1.29 is 18.0 Å². The molecule has 0 aliphatic heterocycles. The van der Waals surface area contributed by atoms with Gasteiger partial charge in [0.1, 0.15) is 0 Å². The minimum atomic E-state index is -4.48. The number of carbonyl (C=O) groups is 1. The van der Waals surface area contributed by atoms with Crippen molar-refractivity contribution in [3.05, 3.63) is 66.0 Å². The molecule has 6 heteroatoms. The van der Waals surface area contributed by atoms with Crippen LogP contribution in [0.25, 0.3) is 0 Å². The van der Waals surface area contributed by atoms with Crippen LogP contribution >= 0.6 is 0 Å². The van der Waals surface area contributed by atoms with Crippen molar-refractivity contribution in [3.8, 4) is 0 Å². The van der Waals surface area contributed by atoms with E-state index < -0.39 is 30.5 Å². The van der Waals surface area contributed by atoms with Gasteiger partial charge in [0.2, 0.25) is 5.91 Å². The molecular weight excluding hydrogens is 305 g/mol. The number of nitrogens with one attached hydrogen (secondary N) is 1. The molecule has 0 bridgehead atoms. The van der Waals surface area contributed by atoms with Gasteiger partial charge in [0.15, 0.2) is 0 Å². The number of aromatic nitrogens is 1. The number of rotatable bonds is 5. The molecule has 1 amide bonds. The number of halogens is 3. The second-order valence-electron chi connectivity index (χ2n) is 5.25. The van der Waals surface area contributed by atoms with Gasteiger partial charge in [0.05, 0.1) is 17.7 Å². The zero-order valence-corrected chi connectivity index (χ0v) is 12.5. The molecule has 2 rings (SSSR count). The van der Waals surface area contributed by atoms with Crippen LogP contribution in [-0.2, 0) is 4.79 Å². The lowest BCUT2D eigenvalue weighted by Gasteiger charge is -2.21. The molecule has 0 saturated heterocycles. The first-order valence-corrected chi connectivity index (χ1v) is 7.20. The molecule has 0 fully saturated rings. The average Bonchev–Trinajstić information content (AvgIpc) is 2.53. The Balaban J connectivity index is 2.07. The van der Waals surface area contributed by atoms with Crippen LogP contribution in [-0.4, -0.2) is 17.1 Å². The lowest BCUT2D eigenvalue weighted by atomic mass is 9.94. The molecule has 1 N–H and O–H groups in total. The molecule has 23 heavy (non-hydrogen) atoms. The van der Waals surface area contributed by atoms with Crippen molar-refractivity contribution in [2.45, 2.75) is 31.5 Å². The SMILES string of the molecule is C[C@@H](NC(=O)C[C@H](c1ccccc1)C(F)(F)F)c1ccccn1. The predicted molar refractivity (Wildman–Crippen MR) is 80.6 cm³/mol. The summed E-state index contributed by atoms with van der Waals surface area (Å²) >= 11 is 0. The van der Waals surface area contributed by atoms with Gasteiger partial charge in [0, 0.05) is 12.6 Å². The van der Waals surface area contributed by atoms with Crippen molar-refractivity contribution in [2.75, 3.05) is 0 Å². The molecule has 1 heterocycles. The molecule has 122 valence electrons. The van der Waals surface area contributed by atoms with Crippen LogP contribution in [0.3, 0.4) is 0 Å². The smallest absolute Gasteiger partial charge is 0.348 e. The van der Waals surface area contributed by atoms with E-state index in [1.165, 1.54) is 24.3 Å². The van der Waals surface area contributed by atoms with Crippen LogP contribution in [0.4, 0.5) is 13.2 Å². The Hall–Kier alpha value is -2.37. The molecule has 1 aromatic heterocycles. The third-order valence-electron chi connectivity index (χ3n) is 3.50. The van der Waals surface area contributed by atoms with E-state index in [9.17, 15) is 18.0 Å². The van der Waals surface area contributed by atoms with Crippen molar-refractivity contribution in [2.24, 2.45) is 0 Å². The summed E-state index contributed by atoms with van der Waals surface area (Å²) in [5.41, 5.74) is 0.685. The zero-order valence-electron chi connectivity index (χ0n) is 12.5. The Bertz CT molecular complexity index is 629. The number of hydrogen-bond donors (Lipinski definition) is 1. The van der Waals surface area contributed by atoms with Crippen LogP contribution in [0.15, 0.2) is 54.7 Å². The first kappa shape index (κ1) is 17.0. The lowest BCUT2D eigenvalue weighted by Crippen LogP contribution is -2.32. The minimum Gasteiger partial charge on any atom is -0.348 e. The van der Waals surface area contributed by atoms with Crippen molar-refractivity contribution in [1.29, 1.82) is 0 Å². The van der Waals surface area contributed by atoms with Crippen LogP contribution in [0, 0.1) is 0 Å². The maximum atomic E-state index is 13.2. The van der Waals surface area contributed by atoms with Gasteiger partial charge in [-0.15, -0.1) is 0 Å². The molecule has 0 saturated carbocycles. The highest BCUT2D eigenvalue weighted by molar-refractivity contribution is 5.77. The Morgan fingerprint density at radius 2 is 1.78 bits per heavy atom. The molecule has 2 atom stereocenters. The van der Waals surface area contributed by atoms with Gasteiger partial charge in [-0.1, -0.05) is 36.4 Å². The highest BCUT2D eigenvalue weighted by atomic mass is 19.4. The Labute approximate surface area is 132 Å². The van der Waals surface area contributed by atoms with E-state index in [0.29, 0.717) is 5.69 Å². The fourth-order valence-electron chi connectivity index (χ4n) is 2.30. The normalized spacial score (nSPS) is 14.1. The van der Waals surface area contributed by atoms with Crippen molar-refractivity contribution >= 4 is 5.91 Å². The molecule has 0 radical (unpaired) electrons. The van der Waals surface area contributed by atoms with E-state index >= 15 is 0 Å². The molecule has 0 aliphatic carbocycles. The second-order valence-corrected chi connectivity index (χ2v) is 5.25. The monoisotopic (exact) mass is 322 g/mol. The number of benzene rings is 1. The van der Waals surface area contributed by atoms with E-state index in [1.54, 1.807) is 37.4 Å². The number of nitrogens with zero attached hydrogens (tertiary/aromatic N) is 1. The van der Waals surface area contributed by atoms with E-state index in [-0.39, 0.29) is 5.56 Å². The largest absolute Gasteiger partial charge is 0.396 e. The second kappa shape index (κ2) is 7.26. The molecular formula is C17H17F3N2O. The fourth-order valence-corrected chi connectivity index (χ4v) is 2.30. The molecule has 0 aliphatic rings. The molecule has 3 nitrogen and oxygen atoms in total. The van der Waals surface area contributed by atoms with Gasteiger partial charge >= 0.3 is 6.18 Å². The quantitative estimate of drug-likeness (QED) is 0.904. The average molecular weight is 322 g/mol. The zero-order chi connectivity index (χ0) is 16.9. The van der Waals surface area contributed by atoms with Crippen LogP contribution < -0.4 is 5.32 Å². The number of hydrogen-bond acceptors (Lipinski definition) is 2. The van der Waals surface area contributed by atoms with Crippen LogP contribution in [0.2, 0.25) is 0 Å². The van der Waals surface area contributed by atoms with E-state index in [1.807, 2.05) is 0 Å². The Morgan fingerprint density at radius 1 is 1.13 bits per heavy atom. The number of alkyl halides is 3. The minimum absolute atomic E-state index is 0.0839. The third kappa shape index (κ3) is 4.81. The van der Waals surface area contributed by atoms with E-state index in [4.69, 9.17) is 0 Å². The highest BCUT2D eigenvalue weighted by Gasteiger charge is 2.41. The van der Waals surface area contributed by atoms with E-state index in [2.05, 4.69) is 10.3 Å². The fraction of sp³-hybridized carbons (Fsp3) is 0.294. The van der Waals surface area contributed by atoms with Crippen LogP contribution in [0.1, 0.15) is 36.6 Å². The Kier molecular flexibility index (Phi) is 5.36. The highest BCUT2D eigenvalue weighted by Crippen LogP contribution is 2.37. The van der Waals surface area contributed by atoms with Gasteiger partial charge in [-0.2, -0.15) is 13.2 Å². The van der Waals surface area contributed by atoms with Gasteiger partial charge in [-0.3, -0.25) is 9.78 Å². The summed E-state index contributed by atoms with van der Waals surface area (Å²) in [6, 6.07) is 12.2. The number of amides is 1. The first-order valence-electron chi connectivity index (χ1n) is 7.20. The summed E-state index contributed by atoms with van der Waals surface area (Å²) in [5.74, 6) is -2.48. The van der Waals surface area contributed by atoms with Gasteiger partial charge in [-0.25, -0.2) is 0 Å². The van der Waals surface area contributed by atoms with Crippen molar-refractivity contribution in [3.63, 3.8) is 0 Å². The summed E-state index contributed by atoms with van der Waals surface area (Å²) < 4.78 is 39.7. The summed E-state index contributed by atoms with van der Waals surface area (Å²) in [6.07, 6.45) is -3.56. The van der Waals surface area contributed by atoms with Gasteiger partial charge < -0.3 is 5.32 Å². The van der Waals surface area contributed by atoms with Crippen LogP contribution in [0.5, 0.6) is 0 Å². The molecule has 0 spiro atoms. The van der Waals surface area contributed by atoms with Crippen molar-refractivity contribution in [1.82, 2.24) is 10.3 Å². The van der Waals surface area contributed by atoms with E-state index in [0.717, 1.165) is 0 Å². The topological polar surface area (TPSA) is 42.0 Å². The maximum Gasteiger partial charge on any atom is 0.396 e. The summed E-state index contributed by atoms with van der Waals surface area (Å²) in [5, 5.41) is 2.57. The third-order valence-corrected chi connectivity index (χ3v) is 3.50. The molecule has 1 aromatic carbocycles. The molecule has 0 unspecified atom stereocenters. The number of carbonyl (C=O) groups excluding carboxylic acids is 1. The van der Waals surface area contributed by atoms with Gasteiger partial charge in [0.25, 0.3) is 0 Å². The Morgan fingerprint density at radius 3 is 2.35 bits per heavy atom. The first-order chi connectivity index (χ1) is 10.9. The lowest BCUT2D eigenvalue weighted by molar-refractivity contribution is -0.157. The summed E-state index contributed by atoms with van der Waals surface area (Å²) in [4.78, 5) is 16.1. The predicted octanol–water partition coefficient (Wildman–Crippen LogP) is 4.00. The summed E-state index contributed by atoms with van der Waals surface area (Å²) in [7, 11) is 0. The number of pyridine rings is 1. The van der Waals surface area contributed by atoms with Gasteiger partial charge in [-0.05, 0) is 24.6 Å². The molecule has 2 aromatic rings. The summed E-state index contributed by atoms with van der Waals surface area (Å²) in [6.45, 7) is 1.69. The maximum absolute atomic E-state index is 13.2.